The van der Waals surface area contributed by atoms with Crippen LogP contribution in [0.5, 0.6) is 0 Å². The van der Waals surface area contributed by atoms with E-state index in [2.05, 4.69) is 19.2 Å². The molecule has 0 spiro atoms. The number of carbonyl (C=O) groups is 1. The summed E-state index contributed by atoms with van der Waals surface area (Å²) in [5.74, 6) is 0.801. The number of unbranched alkanes of at least 4 members (excludes halogenated alkanes) is 4. The number of pyridine rings is 1. The number of aryl methyl sites for hydroxylation is 1. The van der Waals surface area contributed by atoms with Gasteiger partial charge >= 0.3 is 0 Å². The highest BCUT2D eigenvalue weighted by atomic mass is 32.1. The van der Waals surface area contributed by atoms with Crippen LogP contribution in [0.15, 0.2) is 24.5 Å². The van der Waals surface area contributed by atoms with E-state index in [4.69, 9.17) is 0 Å². The van der Waals surface area contributed by atoms with Crippen molar-refractivity contribution in [3.8, 4) is 0 Å². The lowest BCUT2D eigenvalue weighted by Gasteiger charge is -2.20. The Morgan fingerprint density at radius 3 is 2.81 bits per heavy atom. The average Bonchev–Trinajstić information content (AvgIpc) is 2.94. The Morgan fingerprint density at radius 1 is 1.29 bits per heavy atom. The maximum Gasteiger partial charge on any atom is 0.209 e. The van der Waals surface area contributed by atoms with Gasteiger partial charge in [0.05, 0.1) is 11.9 Å². The van der Waals surface area contributed by atoms with Gasteiger partial charge < -0.3 is 9.69 Å². The van der Waals surface area contributed by atoms with Crippen molar-refractivity contribution in [2.75, 3.05) is 11.4 Å². The van der Waals surface area contributed by atoms with E-state index in [0.717, 1.165) is 55.2 Å². The summed E-state index contributed by atoms with van der Waals surface area (Å²) in [6.45, 7) is 2.79. The Morgan fingerprint density at radius 2 is 2.14 bits per heavy atom. The second-order valence-corrected chi connectivity index (χ2v) is 5.59. The molecule has 0 aliphatic carbocycles. The number of hydrogen-bond acceptors (Lipinski definition) is 6. The molecule has 0 fully saturated rings. The molecule has 112 valence electrons. The van der Waals surface area contributed by atoms with Crippen LogP contribution in [-0.4, -0.2) is 27.2 Å². The van der Waals surface area contributed by atoms with E-state index in [0.29, 0.717) is 6.42 Å². The minimum atomic E-state index is 0.669. The molecule has 0 saturated carbocycles. The molecule has 0 saturated heterocycles. The maximum absolute atomic E-state index is 10.3. The first-order valence-electron chi connectivity index (χ1n) is 7.23. The van der Waals surface area contributed by atoms with Gasteiger partial charge in [-0.3, -0.25) is 4.98 Å². The monoisotopic (exact) mass is 304 g/mol. The third-order valence-electron chi connectivity index (χ3n) is 3.16. The Kier molecular flexibility index (Phi) is 6.27. The fourth-order valence-electron chi connectivity index (χ4n) is 2.10. The van der Waals surface area contributed by atoms with Gasteiger partial charge in [-0.15, -0.1) is 0 Å². The van der Waals surface area contributed by atoms with E-state index in [-0.39, 0.29) is 0 Å². The molecule has 0 aromatic carbocycles. The minimum absolute atomic E-state index is 0.669. The molecule has 0 aliphatic rings. The highest BCUT2D eigenvalue weighted by Crippen LogP contribution is 2.26. The van der Waals surface area contributed by atoms with Crippen LogP contribution >= 0.6 is 11.5 Å². The van der Waals surface area contributed by atoms with Gasteiger partial charge in [-0.1, -0.05) is 12.8 Å². The largest absolute Gasteiger partial charge is 0.315 e. The molecule has 0 radical (unpaired) electrons. The molecular weight excluding hydrogens is 284 g/mol. The van der Waals surface area contributed by atoms with Crippen LogP contribution in [-0.2, 0) is 4.79 Å². The summed E-state index contributed by atoms with van der Waals surface area (Å²) in [6, 6.07) is 3.97. The lowest BCUT2D eigenvalue weighted by molar-refractivity contribution is -0.107. The smallest absolute Gasteiger partial charge is 0.209 e. The first-order chi connectivity index (χ1) is 10.3. The first kappa shape index (κ1) is 15.6. The van der Waals surface area contributed by atoms with Crippen LogP contribution in [0.25, 0.3) is 0 Å². The van der Waals surface area contributed by atoms with Crippen LogP contribution in [0.1, 0.15) is 37.9 Å². The van der Waals surface area contributed by atoms with E-state index in [1.807, 2.05) is 25.3 Å². The van der Waals surface area contributed by atoms with Crippen molar-refractivity contribution in [1.82, 2.24) is 14.3 Å². The van der Waals surface area contributed by atoms with Crippen LogP contribution in [0.4, 0.5) is 10.8 Å². The van der Waals surface area contributed by atoms with Crippen molar-refractivity contribution in [3.05, 3.63) is 30.4 Å². The van der Waals surface area contributed by atoms with Gasteiger partial charge in [-0.25, -0.2) is 4.98 Å². The Hall–Kier alpha value is -1.82. The summed E-state index contributed by atoms with van der Waals surface area (Å²) in [6.07, 6.45) is 9.53. The standard InChI is InChI=1S/C15H20N4OS/c1-13-17-15(21-18-13)19(14-8-7-9-16-12-14)10-5-3-2-4-6-11-20/h7-9,11-12H,2-6,10H2,1H3. The molecule has 0 N–H and O–H groups in total. The highest BCUT2D eigenvalue weighted by Gasteiger charge is 2.13. The SMILES string of the molecule is Cc1nsc(N(CCCCCCC=O)c2cccnc2)n1. The molecule has 2 heterocycles. The number of carbonyl (C=O) groups excluding carboxylic acids is 1. The van der Waals surface area contributed by atoms with E-state index < -0.39 is 0 Å². The van der Waals surface area contributed by atoms with Gasteiger partial charge in [0.25, 0.3) is 0 Å². The Bertz CT molecular complexity index is 544. The van der Waals surface area contributed by atoms with E-state index in [1.54, 1.807) is 6.20 Å². The van der Waals surface area contributed by atoms with Crippen LogP contribution in [0.3, 0.4) is 0 Å². The van der Waals surface area contributed by atoms with E-state index >= 15 is 0 Å². The molecule has 2 aromatic rings. The minimum Gasteiger partial charge on any atom is -0.315 e. The Balaban J connectivity index is 1.95. The average molecular weight is 304 g/mol. The summed E-state index contributed by atoms with van der Waals surface area (Å²) in [5, 5.41) is 0.911. The van der Waals surface area contributed by atoms with E-state index in [1.165, 1.54) is 11.5 Å². The molecule has 2 rings (SSSR count). The van der Waals surface area contributed by atoms with Crippen LogP contribution in [0.2, 0.25) is 0 Å². The summed E-state index contributed by atoms with van der Waals surface area (Å²) in [5.41, 5.74) is 1.04. The zero-order valence-electron chi connectivity index (χ0n) is 12.2. The molecule has 0 amide bonds. The second-order valence-electron chi connectivity index (χ2n) is 4.86. The molecule has 6 heteroatoms. The molecule has 21 heavy (non-hydrogen) atoms. The zero-order valence-corrected chi connectivity index (χ0v) is 13.1. The normalized spacial score (nSPS) is 10.5. The van der Waals surface area contributed by atoms with Crippen molar-refractivity contribution in [2.45, 2.75) is 39.0 Å². The van der Waals surface area contributed by atoms with Gasteiger partial charge in [0.2, 0.25) is 5.13 Å². The predicted molar refractivity (Wildman–Crippen MR) is 85.0 cm³/mol. The first-order valence-corrected chi connectivity index (χ1v) is 8.00. The van der Waals surface area contributed by atoms with Gasteiger partial charge in [0.15, 0.2) is 0 Å². The fraction of sp³-hybridized carbons (Fsp3) is 0.467. The highest BCUT2D eigenvalue weighted by molar-refractivity contribution is 7.09. The molecule has 5 nitrogen and oxygen atoms in total. The molecule has 0 atom stereocenters. The summed E-state index contributed by atoms with van der Waals surface area (Å²) >= 11 is 1.42. The van der Waals surface area contributed by atoms with Crippen LogP contribution < -0.4 is 4.90 Å². The number of nitrogens with zero attached hydrogens (tertiary/aromatic N) is 4. The van der Waals surface area contributed by atoms with E-state index in [9.17, 15) is 4.79 Å². The summed E-state index contributed by atoms with van der Waals surface area (Å²) < 4.78 is 4.26. The van der Waals surface area contributed by atoms with Crippen molar-refractivity contribution in [1.29, 1.82) is 0 Å². The summed E-state index contributed by atoms with van der Waals surface area (Å²) in [7, 11) is 0. The topological polar surface area (TPSA) is 59.0 Å². The van der Waals surface area contributed by atoms with Gasteiger partial charge in [-0.2, -0.15) is 4.37 Å². The number of anilines is 2. The van der Waals surface area contributed by atoms with Gasteiger partial charge in [0.1, 0.15) is 12.1 Å². The van der Waals surface area contributed by atoms with Crippen molar-refractivity contribution < 1.29 is 4.79 Å². The lowest BCUT2D eigenvalue weighted by atomic mass is 10.1. The number of hydrogen-bond donors (Lipinski definition) is 0. The fourth-order valence-corrected chi connectivity index (χ4v) is 2.82. The lowest BCUT2D eigenvalue weighted by Crippen LogP contribution is -2.18. The molecule has 0 unspecified atom stereocenters. The van der Waals surface area contributed by atoms with Crippen molar-refractivity contribution in [2.24, 2.45) is 0 Å². The number of aromatic nitrogens is 3. The molecule has 0 bridgehead atoms. The Labute approximate surface area is 129 Å². The summed E-state index contributed by atoms with van der Waals surface area (Å²) in [4.78, 5) is 21.1. The van der Waals surface area contributed by atoms with Crippen molar-refractivity contribution in [3.63, 3.8) is 0 Å². The predicted octanol–water partition coefficient (Wildman–Crippen LogP) is 3.53. The molecule has 2 aromatic heterocycles. The number of aldehydes is 1. The van der Waals surface area contributed by atoms with Crippen LogP contribution in [0, 0.1) is 6.92 Å². The molecule has 0 aliphatic heterocycles. The second kappa shape index (κ2) is 8.46. The number of rotatable bonds is 9. The third-order valence-corrected chi connectivity index (χ3v) is 3.99. The van der Waals surface area contributed by atoms with Crippen molar-refractivity contribution >= 4 is 28.6 Å². The zero-order chi connectivity index (χ0) is 14.9. The van der Waals surface area contributed by atoms with Gasteiger partial charge in [-0.05, 0) is 31.9 Å². The quantitative estimate of drug-likeness (QED) is 0.524. The molecular formula is C15H20N4OS. The van der Waals surface area contributed by atoms with Gasteiger partial charge in [0, 0.05) is 30.7 Å². The maximum atomic E-state index is 10.3. The third kappa shape index (κ3) is 4.90.